The summed E-state index contributed by atoms with van der Waals surface area (Å²) in [4.78, 5) is 33.0. The number of carbonyl (C=O) groups is 1. The van der Waals surface area contributed by atoms with Crippen LogP contribution in [0, 0.1) is 0 Å². The number of halogens is 1. The van der Waals surface area contributed by atoms with E-state index in [1.54, 1.807) is 67.1 Å². The molecule has 0 fully saturated rings. The van der Waals surface area contributed by atoms with E-state index in [1.165, 1.54) is 18.4 Å². The van der Waals surface area contributed by atoms with E-state index in [0.717, 1.165) is 0 Å². The molecular formula is C31H28ClN3O5S. The topological polar surface area (TPSA) is 91.1 Å². The van der Waals surface area contributed by atoms with Crippen molar-refractivity contribution in [3.63, 3.8) is 0 Å². The predicted octanol–water partition coefficient (Wildman–Crippen LogP) is 4.94. The van der Waals surface area contributed by atoms with Crippen molar-refractivity contribution in [2.24, 2.45) is 4.99 Å². The molecule has 0 saturated heterocycles. The maximum atomic E-state index is 14.1. The summed E-state index contributed by atoms with van der Waals surface area (Å²) >= 11 is 7.51. The Bertz CT molecular complexity index is 1830. The molecule has 0 bridgehead atoms. The molecule has 41 heavy (non-hydrogen) atoms. The van der Waals surface area contributed by atoms with Crippen molar-refractivity contribution in [2.45, 2.75) is 19.9 Å². The first-order valence-corrected chi connectivity index (χ1v) is 14.1. The van der Waals surface area contributed by atoms with Gasteiger partial charge in [0.2, 0.25) is 0 Å². The van der Waals surface area contributed by atoms with Crippen molar-refractivity contribution in [1.82, 2.24) is 4.57 Å². The van der Waals surface area contributed by atoms with Crippen molar-refractivity contribution in [3.8, 4) is 17.2 Å². The number of rotatable bonds is 8. The summed E-state index contributed by atoms with van der Waals surface area (Å²) in [6.45, 7) is 4.12. The number of hydrogen-bond donors (Lipinski definition) is 1. The average Bonchev–Trinajstić information content (AvgIpc) is 3.27. The number of ether oxygens (including phenoxy) is 3. The number of nitrogens with zero attached hydrogens (tertiary/aromatic N) is 2. The normalized spacial score (nSPS) is 14.8. The summed E-state index contributed by atoms with van der Waals surface area (Å²) in [6.07, 6.45) is 1.75. The van der Waals surface area contributed by atoms with E-state index in [4.69, 9.17) is 30.8 Å². The molecule has 2 heterocycles. The third-order valence-electron chi connectivity index (χ3n) is 6.58. The second kappa shape index (κ2) is 12.0. The maximum Gasteiger partial charge on any atom is 0.271 e. The van der Waals surface area contributed by atoms with Gasteiger partial charge >= 0.3 is 0 Å². The number of para-hydroxylation sites is 1. The van der Waals surface area contributed by atoms with Crippen molar-refractivity contribution in [3.05, 3.63) is 114 Å². The third kappa shape index (κ3) is 5.64. The number of aromatic nitrogens is 1. The maximum absolute atomic E-state index is 14.1. The van der Waals surface area contributed by atoms with Crippen molar-refractivity contribution < 1.29 is 19.0 Å². The molecule has 10 heteroatoms. The Morgan fingerprint density at radius 1 is 1.05 bits per heavy atom. The molecule has 1 N–H and O–H groups in total. The van der Waals surface area contributed by atoms with Gasteiger partial charge in [0.05, 0.1) is 42.7 Å². The summed E-state index contributed by atoms with van der Waals surface area (Å²) in [7, 11) is 3.09. The molecule has 0 aliphatic carbocycles. The zero-order valence-corrected chi connectivity index (χ0v) is 24.5. The fourth-order valence-corrected chi connectivity index (χ4v) is 5.95. The molecule has 1 aliphatic rings. The number of hydrogen-bond acceptors (Lipinski definition) is 7. The second-order valence-corrected chi connectivity index (χ2v) is 10.6. The summed E-state index contributed by atoms with van der Waals surface area (Å²) < 4.78 is 18.7. The highest BCUT2D eigenvalue weighted by atomic mass is 35.5. The Balaban J connectivity index is 1.71. The number of thiazole rings is 1. The first-order valence-electron chi connectivity index (χ1n) is 12.9. The van der Waals surface area contributed by atoms with Crippen LogP contribution in [0.2, 0.25) is 5.02 Å². The summed E-state index contributed by atoms with van der Waals surface area (Å²) in [6, 6.07) is 19.0. The van der Waals surface area contributed by atoms with Crippen LogP contribution in [0.5, 0.6) is 17.2 Å². The molecule has 1 aliphatic heterocycles. The SMILES string of the molecule is CCOc1ccc(Cl)cc1/C=c1\sc2n(c1=O)[C@@H](c1ccc(OC)c(OC)c1)C(C(=O)Nc1ccccc1)=C(C)N=2. The Morgan fingerprint density at radius 3 is 2.49 bits per heavy atom. The highest BCUT2D eigenvalue weighted by molar-refractivity contribution is 7.07. The van der Waals surface area contributed by atoms with E-state index in [0.29, 0.717) is 66.3 Å². The van der Waals surface area contributed by atoms with Gasteiger partial charge in [-0.15, -0.1) is 0 Å². The van der Waals surface area contributed by atoms with Crippen LogP contribution in [0.25, 0.3) is 6.08 Å². The fourth-order valence-electron chi connectivity index (χ4n) is 4.73. The molecule has 1 aromatic heterocycles. The van der Waals surface area contributed by atoms with Gasteiger partial charge in [0.1, 0.15) is 5.75 Å². The van der Waals surface area contributed by atoms with Gasteiger partial charge in [-0.1, -0.05) is 47.2 Å². The quantitative estimate of drug-likeness (QED) is 0.314. The minimum absolute atomic E-state index is 0.298. The van der Waals surface area contributed by atoms with Crippen LogP contribution in [-0.2, 0) is 4.79 Å². The Labute approximate surface area is 245 Å². The van der Waals surface area contributed by atoms with Gasteiger partial charge in [0.25, 0.3) is 11.5 Å². The second-order valence-electron chi connectivity index (χ2n) is 9.13. The highest BCUT2D eigenvalue weighted by Crippen LogP contribution is 2.36. The molecule has 0 saturated carbocycles. The van der Waals surface area contributed by atoms with Gasteiger partial charge in [-0.2, -0.15) is 0 Å². The number of anilines is 1. The van der Waals surface area contributed by atoms with Crippen LogP contribution in [0.15, 0.2) is 87.8 Å². The number of carbonyl (C=O) groups excluding carboxylic acids is 1. The van der Waals surface area contributed by atoms with E-state index in [1.807, 2.05) is 31.2 Å². The number of benzene rings is 3. The van der Waals surface area contributed by atoms with Gasteiger partial charge in [-0.25, -0.2) is 4.99 Å². The molecular weight excluding hydrogens is 562 g/mol. The summed E-state index contributed by atoms with van der Waals surface area (Å²) in [5.41, 5.74) is 2.52. The number of methoxy groups -OCH3 is 2. The molecule has 1 amide bonds. The molecule has 1 atom stereocenters. The van der Waals surface area contributed by atoms with Crippen molar-refractivity contribution in [2.75, 3.05) is 26.1 Å². The van der Waals surface area contributed by atoms with Crippen LogP contribution >= 0.6 is 22.9 Å². The van der Waals surface area contributed by atoms with E-state index in [9.17, 15) is 9.59 Å². The lowest BCUT2D eigenvalue weighted by atomic mass is 9.94. The molecule has 0 radical (unpaired) electrons. The minimum Gasteiger partial charge on any atom is -0.493 e. The Hall–Kier alpha value is -4.34. The van der Waals surface area contributed by atoms with E-state index >= 15 is 0 Å². The molecule has 5 rings (SSSR count). The van der Waals surface area contributed by atoms with Crippen LogP contribution in [0.3, 0.4) is 0 Å². The third-order valence-corrected chi connectivity index (χ3v) is 7.80. The smallest absolute Gasteiger partial charge is 0.271 e. The van der Waals surface area contributed by atoms with Crippen LogP contribution in [0.1, 0.15) is 31.0 Å². The van der Waals surface area contributed by atoms with Gasteiger partial charge in [-0.3, -0.25) is 14.2 Å². The molecule has 0 unspecified atom stereocenters. The van der Waals surface area contributed by atoms with Gasteiger partial charge in [0, 0.05) is 16.3 Å². The van der Waals surface area contributed by atoms with Crippen LogP contribution < -0.4 is 34.4 Å². The van der Waals surface area contributed by atoms with Gasteiger partial charge < -0.3 is 19.5 Å². The first-order chi connectivity index (χ1) is 19.8. The zero-order valence-electron chi connectivity index (χ0n) is 22.9. The van der Waals surface area contributed by atoms with Gasteiger partial charge in [-0.05, 0) is 68.0 Å². The predicted molar refractivity (Wildman–Crippen MR) is 161 cm³/mol. The number of fused-ring (bicyclic) bond motifs is 1. The van der Waals surface area contributed by atoms with Crippen LogP contribution in [0.4, 0.5) is 5.69 Å². The van der Waals surface area contributed by atoms with E-state index in [-0.39, 0.29) is 11.5 Å². The minimum atomic E-state index is -0.775. The highest BCUT2D eigenvalue weighted by Gasteiger charge is 2.33. The lowest BCUT2D eigenvalue weighted by molar-refractivity contribution is -0.113. The monoisotopic (exact) mass is 589 g/mol. The molecule has 3 aromatic carbocycles. The van der Waals surface area contributed by atoms with E-state index in [2.05, 4.69) is 5.32 Å². The number of allylic oxidation sites excluding steroid dienone is 1. The Morgan fingerprint density at radius 2 is 1.78 bits per heavy atom. The van der Waals surface area contributed by atoms with E-state index < -0.39 is 6.04 Å². The lowest BCUT2D eigenvalue weighted by Crippen LogP contribution is -2.40. The molecule has 8 nitrogen and oxygen atoms in total. The molecule has 4 aromatic rings. The first kappa shape index (κ1) is 28.2. The molecule has 210 valence electrons. The largest absolute Gasteiger partial charge is 0.493 e. The summed E-state index contributed by atoms with van der Waals surface area (Å²) in [5.74, 6) is 1.26. The number of nitrogens with one attached hydrogen (secondary N) is 1. The van der Waals surface area contributed by atoms with Crippen molar-refractivity contribution in [1.29, 1.82) is 0 Å². The standard InChI is InChI=1S/C31H28ClN3O5S/c1-5-40-23-14-12-21(32)15-20(23)17-26-30(37)35-28(19-11-13-24(38-3)25(16-19)39-4)27(18(2)33-31(35)41-26)29(36)34-22-9-7-6-8-10-22/h6-17,28H,5H2,1-4H3,(H,34,36)/b26-17-/t28-/m0/s1. The molecule has 0 spiro atoms. The van der Waals surface area contributed by atoms with Gasteiger partial charge in [0.15, 0.2) is 16.3 Å². The van der Waals surface area contributed by atoms with Crippen LogP contribution in [-0.4, -0.2) is 31.3 Å². The zero-order chi connectivity index (χ0) is 29.1. The lowest BCUT2D eigenvalue weighted by Gasteiger charge is -2.26. The Kier molecular flexibility index (Phi) is 8.28. The summed E-state index contributed by atoms with van der Waals surface area (Å²) in [5, 5.41) is 3.47. The van der Waals surface area contributed by atoms with Crippen molar-refractivity contribution >= 4 is 40.6 Å². The fraction of sp³-hybridized carbons (Fsp3) is 0.194. The average molecular weight is 590 g/mol. The number of amides is 1.